The lowest BCUT2D eigenvalue weighted by Gasteiger charge is -2.17. The van der Waals surface area contributed by atoms with Crippen LogP contribution in [0.25, 0.3) is 10.8 Å². The molecule has 3 aromatic carbocycles. The van der Waals surface area contributed by atoms with Crippen LogP contribution in [0.5, 0.6) is 5.75 Å². The molecular formula is C22H23NO3. The van der Waals surface area contributed by atoms with Crippen molar-refractivity contribution in [3.63, 3.8) is 0 Å². The number of hydrogen-bond donors (Lipinski definition) is 2. The minimum absolute atomic E-state index is 0.315. The maximum absolute atomic E-state index is 11.3. The lowest BCUT2D eigenvalue weighted by molar-refractivity contribution is 0.0696. The third-order valence-electron chi connectivity index (χ3n) is 4.48. The molecule has 0 aliphatic rings. The maximum atomic E-state index is 11.3. The Morgan fingerprint density at radius 2 is 1.88 bits per heavy atom. The molecule has 0 radical (unpaired) electrons. The Labute approximate surface area is 153 Å². The molecule has 0 heterocycles. The van der Waals surface area contributed by atoms with Crippen LogP contribution in [-0.4, -0.2) is 17.7 Å². The van der Waals surface area contributed by atoms with E-state index in [-0.39, 0.29) is 0 Å². The standard InChI is InChI=1S/C22H23NO3/c1-3-13-26-21-12-11-16-7-4-5-8-18(16)19(21)14-23-20-10-6-9-17(15(20)2)22(24)25/h4-12,23H,3,13-14H2,1-2H3,(H,24,25). The summed E-state index contributed by atoms with van der Waals surface area (Å²) in [5.74, 6) is -0.0478. The van der Waals surface area contributed by atoms with E-state index in [1.165, 1.54) is 0 Å². The molecule has 0 bridgehead atoms. The minimum atomic E-state index is -0.914. The summed E-state index contributed by atoms with van der Waals surface area (Å²) in [4.78, 5) is 11.3. The van der Waals surface area contributed by atoms with Crippen molar-refractivity contribution in [2.45, 2.75) is 26.8 Å². The SMILES string of the molecule is CCCOc1ccc2ccccc2c1CNc1cccc(C(=O)O)c1C. The summed E-state index contributed by atoms with van der Waals surface area (Å²) in [5, 5.41) is 15.0. The van der Waals surface area contributed by atoms with Crippen molar-refractivity contribution in [3.8, 4) is 5.75 Å². The molecule has 0 amide bonds. The molecule has 3 aromatic rings. The Balaban J connectivity index is 1.95. The zero-order valence-electron chi connectivity index (χ0n) is 15.1. The number of aromatic carboxylic acids is 1. The summed E-state index contributed by atoms with van der Waals surface area (Å²) in [6, 6.07) is 17.6. The van der Waals surface area contributed by atoms with Gasteiger partial charge in [0.1, 0.15) is 5.75 Å². The smallest absolute Gasteiger partial charge is 0.336 e. The average Bonchev–Trinajstić information content (AvgIpc) is 2.65. The van der Waals surface area contributed by atoms with Gasteiger partial charge in [-0.15, -0.1) is 0 Å². The number of carboxylic acids is 1. The van der Waals surface area contributed by atoms with Crippen LogP contribution in [0.2, 0.25) is 0 Å². The summed E-state index contributed by atoms with van der Waals surface area (Å²) in [7, 11) is 0. The molecule has 3 rings (SSSR count). The second-order valence-corrected chi connectivity index (χ2v) is 6.25. The number of carboxylic acid groups (broad SMARTS) is 1. The van der Waals surface area contributed by atoms with E-state index in [4.69, 9.17) is 4.74 Å². The summed E-state index contributed by atoms with van der Waals surface area (Å²) in [6.45, 7) is 5.13. The zero-order valence-corrected chi connectivity index (χ0v) is 15.1. The molecule has 2 N–H and O–H groups in total. The van der Waals surface area contributed by atoms with Gasteiger partial charge in [0.2, 0.25) is 0 Å². The largest absolute Gasteiger partial charge is 0.493 e. The molecule has 4 heteroatoms. The van der Waals surface area contributed by atoms with Gasteiger partial charge < -0.3 is 15.2 Å². The van der Waals surface area contributed by atoms with Gasteiger partial charge in [-0.25, -0.2) is 4.79 Å². The fraction of sp³-hybridized carbons (Fsp3) is 0.227. The number of nitrogens with one attached hydrogen (secondary N) is 1. The summed E-state index contributed by atoms with van der Waals surface area (Å²) < 4.78 is 5.94. The van der Waals surface area contributed by atoms with E-state index < -0.39 is 5.97 Å². The van der Waals surface area contributed by atoms with Crippen molar-refractivity contribution >= 4 is 22.4 Å². The highest BCUT2D eigenvalue weighted by molar-refractivity contribution is 5.91. The summed E-state index contributed by atoms with van der Waals surface area (Å²) >= 11 is 0. The Morgan fingerprint density at radius 1 is 1.08 bits per heavy atom. The Kier molecular flexibility index (Phi) is 5.42. The summed E-state index contributed by atoms with van der Waals surface area (Å²) in [5.41, 5.74) is 2.95. The van der Waals surface area contributed by atoms with Gasteiger partial charge in [0, 0.05) is 17.8 Å². The third-order valence-corrected chi connectivity index (χ3v) is 4.48. The quantitative estimate of drug-likeness (QED) is 0.612. The molecule has 26 heavy (non-hydrogen) atoms. The first-order chi connectivity index (χ1) is 12.6. The van der Waals surface area contributed by atoms with Crippen molar-refractivity contribution in [3.05, 3.63) is 71.3 Å². The van der Waals surface area contributed by atoms with Crippen LogP contribution in [0.1, 0.15) is 34.8 Å². The second kappa shape index (κ2) is 7.91. The lowest BCUT2D eigenvalue weighted by Crippen LogP contribution is -2.08. The van der Waals surface area contributed by atoms with Gasteiger partial charge in [-0.05, 0) is 47.9 Å². The maximum Gasteiger partial charge on any atom is 0.336 e. The van der Waals surface area contributed by atoms with Gasteiger partial charge in [0.25, 0.3) is 0 Å². The van der Waals surface area contributed by atoms with Crippen LogP contribution in [0.4, 0.5) is 5.69 Å². The van der Waals surface area contributed by atoms with Crippen LogP contribution in [0, 0.1) is 6.92 Å². The Hall–Kier alpha value is -3.01. The monoisotopic (exact) mass is 349 g/mol. The highest BCUT2D eigenvalue weighted by Crippen LogP contribution is 2.30. The average molecular weight is 349 g/mol. The van der Waals surface area contributed by atoms with E-state index in [1.54, 1.807) is 12.1 Å². The van der Waals surface area contributed by atoms with Gasteiger partial charge in [-0.3, -0.25) is 0 Å². The first-order valence-corrected chi connectivity index (χ1v) is 8.82. The van der Waals surface area contributed by atoms with Gasteiger partial charge in [0.05, 0.1) is 12.2 Å². The van der Waals surface area contributed by atoms with Crippen molar-refractivity contribution in [1.29, 1.82) is 0 Å². The number of carbonyl (C=O) groups is 1. The van der Waals surface area contributed by atoms with Gasteiger partial charge in [-0.2, -0.15) is 0 Å². The van der Waals surface area contributed by atoms with Crippen LogP contribution < -0.4 is 10.1 Å². The molecule has 0 saturated heterocycles. The van der Waals surface area contributed by atoms with Crippen molar-refractivity contribution < 1.29 is 14.6 Å². The normalized spacial score (nSPS) is 10.7. The van der Waals surface area contributed by atoms with E-state index in [1.807, 2.05) is 31.2 Å². The van der Waals surface area contributed by atoms with Crippen LogP contribution >= 0.6 is 0 Å². The molecule has 0 aliphatic carbocycles. The first-order valence-electron chi connectivity index (χ1n) is 8.82. The Bertz CT molecular complexity index is 934. The molecule has 0 aromatic heterocycles. The number of benzene rings is 3. The molecule has 0 atom stereocenters. The number of rotatable bonds is 7. The van der Waals surface area contributed by atoms with Crippen LogP contribution in [0.3, 0.4) is 0 Å². The Morgan fingerprint density at radius 3 is 2.65 bits per heavy atom. The van der Waals surface area contributed by atoms with E-state index in [2.05, 4.69) is 30.4 Å². The molecule has 4 nitrogen and oxygen atoms in total. The highest BCUT2D eigenvalue weighted by Gasteiger charge is 2.12. The topological polar surface area (TPSA) is 58.6 Å². The number of hydrogen-bond acceptors (Lipinski definition) is 3. The van der Waals surface area contributed by atoms with E-state index in [9.17, 15) is 9.90 Å². The summed E-state index contributed by atoms with van der Waals surface area (Å²) in [6.07, 6.45) is 0.944. The highest BCUT2D eigenvalue weighted by atomic mass is 16.5. The predicted molar refractivity (Wildman–Crippen MR) is 105 cm³/mol. The molecule has 134 valence electrons. The van der Waals surface area contributed by atoms with Crippen molar-refractivity contribution in [2.75, 3.05) is 11.9 Å². The van der Waals surface area contributed by atoms with Crippen molar-refractivity contribution in [2.24, 2.45) is 0 Å². The molecule has 0 fully saturated rings. The number of anilines is 1. The fourth-order valence-electron chi connectivity index (χ4n) is 3.09. The van der Waals surface area contributed by atoms with E-state index >= 15 is 0 Å². The predicted octanol–water partition coefficient (Wildman–Crippen LogP) is 5.25. The third kappa shape index (κ3) is 3.64. The van der Waals surface area contributed by atoms with Gasteiger partial charge in [0.15, 0.2) is 0 Å². The first kappa shape index (κ1) is 17.8. The number of fused-ring (bicyclic) bond motifs is 1. The fourth-order valence-corrected chi connectivity index (χ4v) is 3.09. The molecular weight excluding hydrogens is 326 g/mol. The van der Waals surface area contributed by atoms with Crippen LogP contribution in [0.15, 0.2) is 54.6 Å². The molecule has 0 aliphatic heterocycles. The minimum Gasteiger partial charge on any atom is -0.493 e. The molecule has 0 saturated carbocycles. The molecule has 0 spiro atoms. The van der Waals surface area contributed by atoms with Gasteiger partial charge in [-0.1, -0.05) is 43.3 Å². The van der Waals surface area contributed by atoms with Crippen LogP contribution in [-0.2, 0) is 6.54 Å². The number of ether oxygens (including phenoxy) is 1. The van der Waals surface area contributed by atoms with Crippen molar-refractivity contribution in [1.82, 2.24) is 0 Å². The zero-order chi connectivity index (χ0) is 18.5. The van der Waals surface area contributed by atoms with Gasteiger partial charge >= 0.3 is 5.97 Å². The molecule has 0 unspecified atom stereocenters. The second-order valence-electron chi connectivity index (χ2n) is 6.25. The van der Waals surface area contributed by atoms with E-state index in [0.717, 1.165) is 39.8 Å². The van der Waals surface area contributed by atoms with E-state index in [0.29, 0.717) is 18.7 Å². The lowest BCUT2D eigenvalue weighted by atomic mass is 10.0.